The Balaban J connectivity index is 1.72. The number of rotatable bonds is 11. The summed E-state index contributed by atoms with van der Waals surface area (Å²) in [5.41, 5.74) is 2.29. The predicted molar refractivity (Wildman–Crippen MR) is 173 cm³/mol. The van der Waals surface area contributed by atoms with E-state index in [1.54, 1.807) is 30.3 Å². The highest BCUT2D eigenvalue weighted by Crippen LogP contribution is 2.27. The van der Waals surface area contributed by atoms with Gasteiger partial charge in [0.2, 0.25) is 21.8 Å². The van der Waals surface area contributed by atoms with Crippen LogP contribution in [0, 0.1) is 5.82 Å². The van der Waals surface area contributed by atoms with Crippen molar-refractivity contribution < 1.29 is 22.4 Å². The lowest BCUT2D eigenvalue weighted by Gasteiger charge is -2.35. The summed E-state index contributed by atoms with van der Waals surface area (Å²) in [7, 11) is -3.89. The lowest BCUT2D eigenvalue weighted by atomic mass is 9.87. The van der Waals surface area contributed by atoms with Gasteiger partial charge in [0.15, 0.2) is 0 Å². The smallest absolute Gasteiger partial charge is 0.244 e. The zero-order valence-electron chi connectivity index (χ0n) is 26.1. The number of benzene rings is 3. The Morgan fingerprint density at radius 1 is 0.909 bits per heavy atom. The molecule has 9 heteroatoms. The highest BCUT2D eigenvalue weighted by molar-refractivity contribution is 7.92. The molecular formula is C35H44FN3O4S. The Morgan fingerprint density at radius 2 is 1.52 bits per heavy atom. The first-order valence-electron chi connectivity index (χ1n) is 15.3. The van der Waals surface area contributed by atoms with Crippen LogP contribution in [-0.2, 0) is 38.0 Å². The van der Waals surface area contributed by atoms with E-state index in [2.05, 4.69) is 26.1 Å². The number of carbonyl (C=O) groups is 2. The van der Waals surface area contributed by atoms with Crippen LogP contribution < -0.4 is 9.62 Å². The van der Waals surface area contributed by atoms with Gasteiger partial charge in [-0.2, -0.15) is 0 Å². The van der Waals surface area contributed by atoms with Crippen LogP contribution in [0.25, 0.3) is 0 Å². The van der Waals surface area contributed by atoms with Crippen LogP contribution >= 0.6 is 0 Å². The molecule has 3 aromatic carbocycles. The molecule has 236 valence electrons. The molecule has 1 aliphatic carbocycles. The number of anilines is 1. The van der Waals surface area contributed by atoms with Gasteiger partial charge in [-0.25, -0.2) is 12.8 Å². The first kappa shape index (κ1) is 33.2. The minimum absolute atomic E-state index is 0.00575. The van der Waals surface area contributed by atoms with Crippen LogP contribution in [0.2, 0.25) is 0 Å². The summed E-state index contributed by atoms with van der Waals surface area (Å²) in [5, 5.41) is 3.15. The minimum Gasteiger partial charge on any atom is -0.352 e. The summed E-state index contributed by atoms with van der Waals surface area (Å²) >= 11 is 0. The van der Waals surface area contributed by atoms with Crippen LogP contribution in [0.5, 0.6) is 0 Å². The Labute approximate surface area is 261 Å². The molecule has 4 rings (SSSR count). The van der Waals surface area contributed by atoms with E-state index < -0.39 is 34.3 Å². The number of hydrogen-bond donors (Lipinski definition) is 1. The van der Waals surface area contributed by atoms with E-state index in [0.29, 0.717) is 5.69 Å². The van der Waals surface area contributed by atoms with Crippen LogP contribution in [-0.4, -0.2) is 50.0 Å². The molecule has 3 aromatic rings. The summed E-state index contributed by atoms with van der Waals surface area (Å²) in [6.07, 6.45) is 6.12. The van der Waals surface area contributed by atoms with Crippen molar-refractivity contribution in [2.75, 3.05) is 17.1 Å². The monoisotopic (exact) mass is 621 g/mol. The molecule has 0 radical (unpaired) electrons. The molecule has 0 aliphatic heterocycles. The first-order valence-corrected chi connectivity index (χ1v) is 17.1. The molecule has 1 N–H and O–H groups in total. The van der Waals surface area contributed by atoms with Gasteiger partial charge in [-0.05, 0) is 47.6 Å². The Morgan fingerprint density at radius 3 is 2.11 bits per heavy atom. The molecule has 44 heavy (non-hydrogen) atoms. The zero-order valence-corrected chi connectivity index (χ0v) is 26.9. The summed E-state index contributed by atoms with van der Waals surface area (Å²) in [5.74, 6) is -1.43. The summed E-state index contributed by atoms with van der Waals surface area (Å²) in [6.45, 7) is 5.45. The third-order valence-corrected chi connectivity index (χ3v) is 9.36. The predicted octanol–water partition coefficient (Wildman–Crippen LogP) is 5.98. The number of hydrogen-bond acceptors (Lipinski definition) is 4. The maximum Gasteiger partial charge on any atom is 0.244 e. The second-order valence-corrected chi connectivity index (χ2v) is 14.6. The van der Waals surface area contributed by atoms with Crippen molar-refractivity contribution in [3.8, 4) is 0 Å². The minimum atomic E-state index is -3.89. The highest BCUT2D eigenvalue weighted by Gasteiger charge is 2.34. The van der Waals surface area contributed by atoms with Gasteiger partial charge in [0.05, 0.1) is 11.9 Å². The van der Waals surface area contributed by atoms with E-state index >= 15 is 0 Å². The van der Waals surface area contributed by atoms with Crippen molar-refractivity contribution in [1.29, 1.82) is 0 Å². The first-order chi connectivity index (χ1) is 20.8. The normalized spacial score (nSPS) is 14.9. The molecule has 0 spiro atoms. The van der Waals surface area contributed by atoms with Crippen molar-refractivity contribution in [3.63, 3.8) is 0 Å². The Bertz CT molecular complexity index is 1520. The van der Waals surface area contributed by atoms with Gasteiger partial charge in [0, 0.05) is 24.6 Å². The quantitative estimate of drug-likeness (QED) is 0.286. The van der Waals surface area contributed by atoms with Gasteiger partial charge in [-0.3, -0.25) is 13.9 Å². The van der Waals surface area contributed by atoms with Crippen LogP contribution in [0.1, 0.15) is 69.6 Å². The Kier molecular flexibility index (Phi) is 10.8. The molecular weight excluding hydrogens is 577 g/mol. The highest BCUT2D eigenvalue weighted by atomic mass is 32.2. The maximum atomic E-state index is 15.0. The van der Waals surface area contributed by atoms with Gasteiger partial charge in [-0.15, -0.1) is 0 Å². The average Bonchev–Trinajstić information content (AvgIpc) is 2.98. The third kappa shape index (κ3) is 8.91. The van der Waals surface area contributed by atoms with Gasteiger partial charge in [0.1, 0.15) is 18.4 Å². The van der Waals surface area contributed by atoms with Crippen LogP contribution in [0.15, 0.2) is 78.9 Å². The number of amides is 2. The van der Waals surface area contributed by atoms with Gasteiger partial charge in [-0.1, -0.05) is 101 Å². The molecule has 0 bridgehead atoms. The van der Waals surface area contributed by atoms with Crippen molar-refractivity contribution in [3.05, 3.63) is 101 Å². The molecule has 0 unspecified atom stereocenters. The summed E-state index contributed by atoms with van der Waals surface area (Å²) in [6, 6.07) is 21.6. The van der Waals surface area contributed by atoms with E-state index in [1.165, 1.54) is 11.0 Å². The van der Waals surface area contributed by atoms with E-state index in [-0.39, 0.29) is 35.9 Å². The standard InChI is InChI=1S/C35H44FN3O4S/c1-35(2,3)28-19-21-30(22-20-28)39(44(4,42)43)25-33(40)38(24-27-15-11-12-18-31(27)36)32(23-26-13-7-5-8-14-26)34(41)37-29-16-9-6-10-17-29/h5,7-8,11-15,18-22,29,32H,6,9-10,16-17,23-25H2,1-4H3,(H,37,41)/t32-/m1/s1. The molecule has 0 saturated heterocycles. The summed E-state index contributed by atoms with van der Waals surface area (Å²) < 4.78 is 42.1. The van der Waals surface area contributed by atoms with Crippen molar-refractivity contribution in [2.45, 2.75) is 83.3 Å². The average molecular weight is 622 g/mol. The molecule has 1 fully saturated rings. The second-order valence-electron chi connectivity index (χ2n) is 12.7. The molecule has 7 nitrogen and oxygen atoms in total. The fourth-order valence-corrected chi connectivity index (χ4v) is 6.50. The number of nitrogens with one attached hydrogen (secondary N) is 1. The largest absolute Gasteiger partial charge is 0.352 e. The van der Waals surface area contributed by atoms with E-state index in [9.17, 15) is 22.4 Å². The number of carbonyl (C=O) groups excluding carboxylic acids is 2. The van der Waals surface area contributed by atoms with Crippen molar-refractivity contribution in [2.24, 2.45) is 0 Å². The van der Waals surface area contributed by atoms with Crippen molar-refractivity contribution >= 4 is 27.5 Å². The SMILES string of the molecule is CC(C)(C)c1ccc(N(CC(=O)N(Cc2ccccc2F)[C@H](Cc2ccccc2)C(=O)NC2CCCCC2)S(C)(=O)=O)cc1. The Hall–Kier alpha value is -3.72. The maximum absolute atomic E-state index is 15.0. The topological polar surface area (TPSA) is 86.8 Å². The molecule has 2 amide bonds. The number of sulfonamides is 1. The zero-order chi connectivity index (χ0) is 31.9. The number of nitrogens with zero attached hydrogens (tertiary/aromatic N) is 2. The second kappa shape index (κ2) is 14.4. The third-order valence-electron chi connectivity index (χ3n) is 8.22. The van der Waals surface area contributed by atoms with Crippen LogP contribution in [0.4, 0.5) is 10.1 Å². The van der Waals surface area contributed by atoms with E-state index in [4.69, 9.17) is 0 Å². The van der Waals surface area contributed by atoms with E-state index in [1.807, 2.05) is 42.5 Å². The summed E-state index contributed by atoms with van der Waals surface area (Å²) in [4.78, 5) is 29.6. The number of halogens is 1. The molecule has 1 atom stereocenters. The molecule has 0 aromatic heterocycles. The molecule has 1 saturated carbocycles. The van der Waals surface area contributed by atoms with Gasteiger partial charge < -0.3 is 10.2 Å². The van der Waals surface area contributed by atoms with E-state index in [0.717, 1.165) is 53.8 Å². The van der Waals surface area contributed by atoms with Gasteiger partial charge >= 0.3 is 0 Å². The molecule has 0 heterocycles. The fraction of sp³-hybridized carbons (Fsp3) is 0.429. The lowest BCUT2D eigenvalue weighted by Crippen LogP contribution is -2.55. The molecule has 1 aliphatic rings. The fourth-order valence-electron chi connectivity index (χ4n) is 5.65. The van der Waals surface area contributed by atoms with Gasteiger partial charge in [0.25, 0.3) is 0 Å². The van der Waals surface area contributed by atoms with Crippen LogP contribution in [0.3, 0.4) is 0 Å². The van der Waals surface area contributed by atoms with Crippen molar-refractivity contribution in [1.82, 2.24) is 10.2 Å². The lowest BCUT2D eigenvalue weighted by molar-refractivity contribution is -0.140.